The highest BCUT2D eigenvalue weighted by molar-refractivity contribution is 8.03. The minimum Gasteiger partial charge on any atom is -0.366 e. The maximum absolute atomic E-state index is 13.5. The normalized spacial score (nSPS) is 19.7. The molecule has 0 radical (unpaired) electrons. The van der Waals surface area contributed by atoms with Crippen molar-refractivity contribution in [2.75, 3.05) is 24.3 Å². The second kappa shape index (κ2) is 8.27. The van der Waals surface area contributed by atoms with Crippen LogP contribution in [0.3, 0.4) is 0 Å². The molecule has 9 heteroatoms. The molecule has 1 aliphatic carbocycles. The van der Waals surface area contributed by atoms with Crippen molar-refractivity contribution in [3.8, 4) is 0 Å². The van der Waals surface area contributed by atoms with Gasteiger partial charge in [-0.25, -0.2) is 9.37 Å². The third-order valence-electron chi connectivity index (χ3n) is 4.91. The number of anilines is 2. The predicted octanol–water partition coefficient (Wildman–Crippen LogP) is 2.74. The van der Waals surface area contributed by atoms with E-state index in [4.69, 9.17) is 10.7 Å². The molecule has 2 aromatic rings. The summed E-state index contributed by atoms with van der Waals surface area (Å²) < 4.78 is 13.5. The molecular formula is C21H21FN6OS. The number of thioether (sulfide) groups is 1. The minimum atomic E-state index is -0.420. The molecule has 2 atom stereocenters. The number of nitrogens with zero attached hydrogens (tertiary/aromatic N) is 4. The molecule has 2 heterocycles. The Bertz CT molecular complexity index is 1080. The van der Waals surface area contributed by atoms with E-state index in [0.29, 0.717) is 29.6 Å². The number of hydrogen-bond donors (Lipinski definition) is 2. The number of allylic oxidation sites excluding steroid dienone is 4. The van der Waals surface area contributed by atoms with Gasteiger partial charge in [-0.05, 0) is 23.1 Å². The third kappa shape index (κ3) is 3.93. The Hall–Kier alpha value is -3.20. The fraction of sp³-hybridized carbons (Fsp3) is 0.238. The SMILES string of the molecule is CN(C)c1nnc(C2=CSC3C(C(N)=O)=CC=CC23)nc1NCc1cccc(F)c1. The van der Waals surface area contributed by atoms with Crippen LogP contribution in [0.15, 0.2) is 53.5 Å². The monoisotopic (exact) mass is 424 g/mol. The van der Waals surface area contributed by atoms with Crippen LogP contribution in [0.2, 0.25) is 0 Å². The Balaban J connectivity index is 1.61. The summed E-state index contributed by atoms with van der Waals surface area (Å²) in [4.78, 5) is 18.3. The van der Waals surface area contributed by atoms with Crippen LogP contribution in [0.4, 0.5) is 16.0 Å². The molecule has 0 spiro atoms. The van der Waals surface area contributed by atoms with E-state index in [9.17, 15) is 9.18 Å². The summed E-state index contributed by atoms with van der Waals surface area (Å²) in [5, 5.41) is 13.8. The molecule has 30 heavy (non-hydrogen) atoms. The second-order valence-corrected chi connectivity index (χ2v) is 8.23. The second-order valence-electron chi connectivity index (χ2n) is 7.21. The Labute approximate surface area is 178 Å². The quantitative estimate of drug-likeness (QED) is 0.736. The van der Waals surface area contributed by atoms with Crippen LogP contribution in [0.5, 0.6) is 0 Å². The number of nitrogens with two attached hydrogens (primary N) is 1. The Morgan fingerprint density at radius 1 is 1.33 bits per heavy atom. The number of amides is 1. The van der Waals surface area contributed by atoms with Crippen molar-refractivity contribution in [1.29, 1.82) is 0 Å². The molecule has 0 saturated heterocycles. The van der Waals surface area contributed by atoms with E-state index in [0.717, 1.165) is 11.1 Å². The molecule has 0 saturated carbocycles. The first-order valence-electron chi connectivity index (χ1n) is 9.38. The van der Waals surface area contributed by atoms with Gasteiger partial charge in [-0.15, -0.1) is 22.0 Å². The maximum atomic E-state index is 13.5. The van der Waals surface area contributed by atoms with Crippen molar-refractivity contribution in [2.45, 2.75) is 11.8 Å². The highest BCUT2D eigenvalue weighted by atomic mass is 32.2. The first kappa shape index (κ1) is 20.1. The zero-order valence-electron chi connectivity index (χ0n) is 16.5. The molecule has 1 aliphatic heterocycles. The predicted molar refractivity (Wildman–Crippen MR) is 117 cm³/mol. The molecule has 4 rings (SSSR count). The van der Waals surface area contributed by atoms with E-state index in [1.807, 2.05) is 42.6 Å². The third-order valence-corrected chi connectivity index (χ3v) is 6.14. The van der Waals surface area contributed by atoms with Crippen molar-refractivity contribution in [1.82, 2.24) is 15.2 Å². The molecule has 1 amide bonds. The smallest absolute Gasteiger partial charge is 0.245 e. The lowest BCUT2D eigenvalue weighted by atomic mass is 9.88. The lowest BCUT2D eigenvalue weighted by Gasteiger charge is -2.23. The summed E-state index contributed by atoms with van der Waals surface area (Å²) in [5.74, 6) is 0.855. The van der Waals surface area contributed by atoms with Gasteiger partial charge >= 0.3 is 0 Å². The Morgan fingerprint density at radius 2 is 2.17 bits per heavy atom. The van der Waals surface area contributed by atoms with Crippen molar-refractivity contribution >= 4 is 34.9 Å². The number of nitrogens with one attached hydrogen (secondary N) is 1. The van der Waals surface area contributed by atoms with Crippen LogP contribution in [-0.2, 0) is 11.3 Å². The largest absolute Gasteiger partial charge is 0.366 e. The van der Waals surface area contributed by atoms with E-state index in [-0.39, 0.29) is 17.0 Å². The van der Waals surface area contributed by atoms with Crippen LogP contribution in [0, 0.1) is 11.7 Å². The van der Waals surface area contributed by atoms with E-state index in [1.165, 1.54) is 23.9 Å². The average Bonchev–Trinajstić information content (AvgIpc) is 3.16. The van der Waals surface area contributed by atoms with Gasteiger partial charge in [0.05, 0.1) is 0 Å². The minimum absolute atomic E-state index is 0.0504. The molecule has 154 valence electrons. The number of fused-ring (bicyclic) bond motifs is 1. The Morgan fingerprint density at radius 3 is 2.90 bits per heavy atom. The van der Waals surface area contributed by atoms with Crippen LogP contribution >= 0.6 is 11.8 Å². The fourth-order valence-electron chi connectivity index (χ4n) is 3.44. The number of rotatable bonds is 6. The van der Waals surface area contributed by atoms with E-state index in [1.54, 1.807) is 12.1 Å². The first-order chi connectivity index (χ1) is 14.4. The van der Waals surface area contributed by atoms with Gasteiger partial charge in [0.1, 0.15) is 5.82 Å². The number of carbonyl (C=O) groups excluding carboxylic acids is 1. The van der Waals surface area contributed by atoms with Crippen molar-refractivity contribution < 1.29 is 9.18 Å². The number of carbonyl (C=O) groups is 1. The summed E-state index contributed by atoms with van der Waals surface area (Å²) in [5.41, 5.74) is 7.79. The number of primary amides is 1. The van der Waals surface area contributed by atoms with Crippen LogP contribution in [-0.4, -0.2) is 40.4 Å². The summed E-state index contributed by atoms with van der Waals surface area (Å²) in [6.07, 6.45) is 5.62. The van der Waals surface area contributed by atoms with Gasteiger partial charge < -0.3 is 16.0 Å². The number of halogens is 1. The molecule has 0 bridgehead atoms. The summed E-state index contributed by atoms with van der Waals surface area (Å²) in [6, 6.07) is 6.39. The lowest BCUT2D eigenvalue weighted by molar-refractivity contribution is -0.114. The summed E-state index contributed by atoms with van der Waals surface area (Å²) in [7, 11) is 3.71. The first-order valence-corrected chi connectivity index (χ1v) is 10.3. The zero-order valence-corrected chi connectivity index (χ0v) is 17.4. The van der Waals surface area contributed by atoms with Crippen molar-refractivity contribution in [3.63, 3.8) is 0 Å². The molecule has 0 fully saturated rings. The highest BCUT2D eigenvalue weighted by Gasteiger charge is 2.37. The molecule has 1 aromatic carbocycles. The number of benzene rings is 1. The molecule has 7 nitrogen and oxygen atoms in total. The van der Waals surface area contributed by atoms with Crippen molar-refractivity contribution in [2.24, 2.45) is 11.7 Å². The van der Waals surface area contributed by atoms with Gasteiger partial charge in [0, 0.05) is 43.0 Å². The standard InChI is InChI=1S/C21H21FN6OS/c1-28(2)21-20(24-10-12-5-3-6-13(22)9-12)25-19(26-27-21)16-11-30-17-14(16)7-4-8-15(17)18(23)29/h3-9,11,14,17H,10H2,1-2H3,(H2,23,29)(H,24,25,26). The summed E-state index contributed by atoms with van der Waals surface area (Å²) >= 11 is 1.53. The molecular weight excluding hydrogens is 403 g/mol. The van der Waals surface area contributed by atoms with Crippen molar-refractivity contribution in [3.05, 3.63) is 70.7 Å². The van der Waals surface area contributed by atoms with Crippen LogP contribution in [0.25, 0.3) is 5.57 Å². The molecule has 2 aliphatic rings. The number of aromatic nitrogens is 3. The van der Waals surface area contributed by atoms with E-state index < -0.39 is 5.91 Å². The fourth-order valence-corrected chi connectivity index (χ4v) is 4.74. The summed E-state index contributed by atoms with van der Waals surface area (Å²) in [6.45, 7) is 0.394. The van der Waals surface area contributed by atoms with Crippen LogP contribution < -0.4 is 16.0 Å². The zero-order chi connectivity index (χ0) is 21.3. The van der Waals surface area contributed by atoms with E-state index in [2.05, 4.69) is 15.5 Å². The van der Waals surface area contributed by atoms with Gasteiger partial charge in [0.15, 0.2) is 17.5 Å². The van der Waals surface area contributed by atoms with Gasteiger partial charge in [0.2, 0.25) is 5.91 Å². The maximum Gasteiger partial charge on any atom is 0.245 e. The molecule has 3 N–H and O–H groups in total. The van der Waals surface area contributed by atoms with E-state index >= 15 is 0 Å². The molecule has 2 unspecified atom stereocenters. The van der Waals surface area contributed by atoms with Crippen LogP contribution in [0.1, 0.15) is 11.4 Å². The van der Waals surface area contributed by atoms with Gasteiger partial charge in [-0.1, -0.05) is 30.4 Å². The van der Waals surface area contributed by atoms with Gasteiger partial charge in [-0.2, -0.15) is 0 Å². The average molecular weight is 425 g/mol. The highest BCUT2D eigenvalue weighted by Crippen LogP contribution is 2.46. The molecule has 1 aromatic heterocycles. The van der Waals surface area contributed by atoms with Gasteiger partial charge in [-0.3, -0.25) is 4.79 Å². The Kier molecular flexibility index (Phi) is 5.54. The van der Waals surface area contributed by atoms with Gasteiger partial charge in [0.25, 0.3) is 0 Å². The lowest BCUT2D eigenvalue weighted by Crippen LogP contribution is -2.27. The topological polar surface area (TPSA) is 97.0 Å². The number of hydrogen-bond acceptors (Lipinski definition) is 7.